The van der Waals surface area contributed by atoms with Crippen molar-refractivity contribution in [1.29, 1.82) is 0 Å². The Hall–Kier alpha value is -1.51. The maximum absolute atomic E-state index is 12.2. The number of phenols is 1. The normalized spacial score (nSPS) is 26.5. The van der Waals surface area contributed by atoms with Gasteiger partial charge in [-0.1, -0.05) is 39.3 Å². The van der Waals surface area contributed by atoms with E-state index in [9.17, 15) is 9.90 Å². The van der Waals surface area contributed by atoms with Crippen LogP contribution in [0.3, 0.4) is 0 Å². The second kappa shape index (κ2) is 6.29. The summed E-state index contributed by atoms with van der Waals surface area (Å²) in [6, 6.07) is 6.56. The number of benzene rings is 1. The zero-order chi connectivity index (χ0) is 14.7. The van der Waals surface area contributed by atoms with Crippen LogP contribution in [0.1, 0.15) is 50.4 Å². The van der Waals surface area contributed by atoms with Crippen molar-refractivity contribution in [1.82, 2.24) is 0 Å². The molecule has 1 aliphatic rings. The first-order valence-corrected chi connectivity index (χ1v) is 7.48. The molecule has 1 fully saturated rings. The third-order valence-corrected chi connectivity index (χ3v) is 4.34. The molecule has 0 radical (unpaired) electrons. The summed E-state index contributed by atoms with van der Waals surface area (Å²) >= 11 is 0. The number of hydrogen-bond donors (Lipinski definition) is 1. The first-order valence-electron chi connectivity index (χ1n) is 7.48. The van der Waals surface area contributed by atoms with Crippen LogP contribution in [0.25, 0.3) is 0 Å². The van der Waals surface area contributed by atoms with Crippen LogP contribution in [0, 0.1) is 17.8 Å². The Kier molecular flexibility index (Phi) is 4.69. The molecule has 1 N–H and O–H groups in total. The Labute approximate surface area is 121 Å². The molecule has 0 aliphatic heterocycles. The molecule has 1 saturated carbocycles. The van der Waals surface area contributed by atoms with E-state index in [2.05, 4.69) is 20.8 Å². The Morgan fingerprint density at radius 2 is 2.00 bits per heavy atom. The zero-order valence-electron chi connectivity index (χ0n) is 12.5. The molecule has 0 unspecified atom stereocenters. The Morgan fingerprint density at radius 1 is 1.30 bits per heavy atom. The van der Waals surface area contributed by atoms with Crippen molar-refractivity contribution in [2.45, 2.75) is 46.1 Å². The van der Waals surface area contributed by atoms with E-state index in [0.717, 1.165) is 12.8 Å². The summed E-state index contributed by atoms with van der Waals surface area (Å²) in [7, 11) is 0. The topological polar surface area (TPSA) is 46.5 Å². The summed E-state index contributed by atoms with van der Waals surface area (Å²) in [6.45, 7) is 6.57. The van der Waals surface area contributed by atoms with Gasteiger partial charge in [-0.3, -0.25) is 0 Å². The van der Waals surface area contributed by atoms with Crippen LogP contribution in [-0.4, -0.2) is 17.2 Å². The van der Waals surface area contributed by atoms with Crippen LogP contribution in [-0.2, 0) is 4.74 Å². The van der Waals surface area contributed by atoms with E-state index in [0.29, 0.717) is 17.8 Å². The van der Waals surface area contributed by atoms with Crippen molar-refractivity contribution < 1.29 is 14.6 Å². The molecular weight excluding hydrogens is 252 g/mol. The lowest BCUT2D eigenvalue weighted by Crippen LogP contribution is -2.35. The van der Waals surface area contributed by atoms with Gasteiger partial charge in [0.15, 0.2) is 0 Å². The van der Waals surface area contributed by atoms with Crippen LogP contribution in [0.15, 0.2) is 24.3 Å². The number of ether oxygens (including phenoxy) is 1. The molecule has 3 heteroatoms. The fraction of sp³-hybridized carbons (Fsp3) is 0.588. The van der Waals surface area contributed by atoms with Gasteiger partial charge in [0.25, 0.3) is 0 Å². The molecule has 0 aromatic heterocycles. The summed E-state index contributed by atoms with van der Waals surface area (Å²) in [4.78, 5) is 12.2. The number of esters is 1. The summed E-state index contributed by atoms with van der Waals surface area (Å²) in [5.41, 5.74) is 0.258. The van der Waals surface area contributed by atoms with Gasteiger partial charge in [0, 0.05) is 0 Å². The summed E-state index contributed by atoms with van der Waals surface area (Å²) < 4.78 is 5.70. The predicted molar refractivity (Wildman–Crippen MR) is 78.7 cm³/mol. The average Bonchev–Trinajstić information content (AvgIpc) is 2.38. The average molecular weight is 276 g/mol. The number of carbonyl (C=O) groups is 1. The standard InChI is InChI=1S/C17H24O3/c1-11(2)13-9-8-12(3)10-16(13)20-17(19)14-6-4-5-7-15(14)18/h4-7,11-13,16,18H,8-10H2,1-3H3/t12-,13+,16+/m0/s1. The number of carbonyl (C=O) groups excluding carboxylic acids is 1. The summed E-state index contributed by atoms with van der Waals surface area (Å²) in [5, 5.41) is 9.74. The predicted octanol–water partition coefficient (Wildman–Crippen LogP) is 4.01. The maximum Gasteiger partial charge on any atom is 0.342 e. The smallest absolute Gasteiger partial charge is 0.342 e. The molecule has 1 aromatic rings. The van der Waals surface area contributed by atoms with E-state index < -0.39 is 5.97 Å². The SMILES string of the molecule is CC(C)[C@H]1CC[C@H](C)C[C@H]1OC(=O)c1ccccc1O. The van der Waals surface area contributed by atoms with Crippen molar-refractivity contribution in [3.8, 4) is 5.75 Å². The Balaban J connectivity index is 2.10. The molecule has 3 atom stereocenters. The van der Waals surface area contributed by atoms with Gasteiger partial charge in [-0.25, -0.2) is 4.79 Å². The lowest BCUT2D eigenvalue weighted by molar-refractivity contribution is -0.0176. The van der Waals surface area contributed by atoms with Gasteiger partial charge in [-0.15, -0.1) is 0 Å². The van der Waals surface area contributed by atoms with E-state index in [4.69, 9.17) is 4.74 Å². The zero-order valence-corrected chi connectivity index (χ0v) is 12.5. The molecule has 0 saturated heterocycles. The molecule has 0 bridgehead atoms. The first-order chi connectivity index (χ1) is 9.49. The van der Waals surface area contributed by atoms with Crippen molar-refractivity contribution in [3.63, 3.8) is 0 Å². The lowest BCUT2D eigenvalue weighted by atomic mass is 9.75. The van der Waals surface area contributed by atoms with Crippen LogP contribution < -0.4 is 0 Å². The van der Waals surface area contributed by atoms with Crippen LogP contribution in [0.2, 0.25) is 0 Å². The van der Waals surface area contributed by atoms with E-state index >= 15 is 0 Å². The van der Waals surface area contributed by atoms with Crippen molar-refractivity contribution in [2.75, 3.05) is 0 Å². The second-order valence-electron chi connectivity index (χ2n) is 6.29. The molecule has 0 heterocycles. The van der Waals surface area contributed by atoms with Gasteiger partial charge in [-0.05, 0) is 42.7 Å². The Bertz CT molecular complexity index is 467. The van der Waals surface area contributed by atoms with Gasteiger partial charge >= 0.3 is 5.97 Å². The Morgan fingerprint density at radius 3 is 2.65 bits per heavy atom. The van der Waals surface area contributed by atoms with E-state index in [1.807, 2.05) is 0 Å². The van der Waals surface area contributed by atoms with Gasteiger partial charge in [0.05, 0.1) is 0 Å². The van der Waals surface area contributed by atoms with Crippen LogP contribution in [0.5, 0.6) is 5.75 Å². The van der Waals surface area contributed by atoms with Crippen LogP contribution >= 0.6 is 0 Å². The minimum atomic E-state index is -0.409. The monoisotopic (exact) mass is 276 g/mol. The highest BCUT2D eigenvalue weighted by Gasteiger charge is 2.33. The molecular formula is C17H24O3. The molecule has 20 heavy (non-hydrogen) atoms. The van der Waals surface area contributed by atoms with Gasteiger partial charge in [0.2, 0.25) is 0 Å². The molecule has 0 amide bonds. The van der Waals surface area contributed by atoms with Gasteiger partial charge in [-0.2, -0.15) is 0 Å². The molecule has 3 nitrogen and oxygen atoms in total. The van der Waals surface area contributed by atoms with Gasteiger partial charge in [0.1, 0.15) is 17.4 Å². The lowest BCUT2D eigenvalue weighted by Gasteiger charge is -2.36. The minimum Gasteiger partial charge on any atom is -0.507 e. The number of hydrogen-bond acceptors (Lipinski definition) is 3. The van der Waals surface area contributed by atoms with E-state index in [-0.39, 0.29) is 17.4 Å². The molecule has 0 spiro atoms. The highest BCUT2D eigenvalue weighted by atomic mass is 16.5. The van der Waals surface area contributed by atoms with E-state index in [1.54, 1.807) is 18.2 Å². The molecule has 110 valence electrons. The second-order valence-corrected chi connectivity index (χ2v) is 6.29. The summed E-state index contributed by atoms with van der Waals surface area (Å²) in [5.74, 6) is 1.09. The molecule has 2 rings (SSSR count). The fourth-order valence-electron chi connectivity index (χ4n) is 3.10. The number of rotatable bonds is 3. The largest absolute Gasteiger partial charge is 0.507 e. The maximum atomic E-state index is 12.2. The number of para-hydroxylation sites is 1. The van der Waals surface area contributed by atoms with E-state index in [1.165, 1.54) is 12.5 Å². The quantitative estimate of drug-likeness (QED) is 0.848. The van der Waals surface area contributed by atoms with Crippen molar-refractivity contribution in [2.24, 2.45) is 17.8 Å². The van der Waals surface area contributed by atoms with Crippen molar-refractivity contribution >= 4 is 5.97 Å². The highest BCUT2D eigenvalue weighted by Crippen LogP contribution is 2.36. The fourth-order valence-corrected chi connectivity index (χ4v) is 3.10. The first kappa shape index (κ1) is 14.9. The highest BCUT2D eigenvalue weighted by molar-refractivity contribution is 5.92. The number of aromatic hydroxyl groups is 1. The van der Waals surface area contributed by atoms with Crippen molar-refractivity contribution in [3.05, 3.63) is 29.8 Å². The minimum absolute atomic E-state index is 0.0116. The third kappa shape index (κ3) is 3.33. The van der Waals surface area contributed by atoms with Gasteiger partial charge < -0.3 is 9.84 Å². The summed E-state index contributed by atoms with van der Waals surface area (Å²) in [6.07, 6.45) is 3.19. The number of phenolic OH excluding ortho intramolecular Hbond substituents is 1. The third-order valence-electron chi connectivity index (χ3n) is 4.34. The molecule has 1 aromatic carbocycles. The van der Waals surface area contributed by atoms with Crippen LogP contribution in [0.4, 0.5) is 0 Å². The molecule has 1 aliphatic carbocycles.